The summed E-state index contributed by atoms with van der Waals surface area (Å²) in [4.78, 5) is 26.5. The van der Waals surface area contributed by atoms with Crippen LogP contribution in [0.15, 0.2) is 17.2 Å². The fourth-order valence-corrected chi connectivity index (χ4v) is 4.40. The molecule has 0 bridgehead atoms. The quantitative estimate of drug-likeness (QED) is 0.802. The molecule has 2 amide bonds. The molecule has 2 aromatic heterocycles. The molecule has 25 heavy (non-hydrogen) atoms. The van der Waals surface area contributed by atoms with Gasteiger partial charge in [-0.05, 0) is 45.1 Å². The number of aryl methyl sites for hydroxylation is 3. The minimum Gasteiger partial charge on any atom is -0.361 e. The van der Waals surface area contributed by atoms with Crippen LogP contribution < -0.4 is 10.6 Å². The molecule has 0 fully saturated rings. The number of hydrogen-bond acceptors (Lipinski definition) is 5. The standard InChI is InChI=1S/C18H21N3O3S/c1-4-9-19-16(22)15-12-7-5-6-8-13(12)25-18(15)20-17(23)14-10(2)21-24-11(14)3/h4H,1,5-9H2,2-3H3,(H,19,22)(H,20,23). The Hall–Kier alpha value is -2.41. The van der Waals surface area contributed by atoms with Crippen molar-refractivity contribution >= 4 is 28.2 Å². The first-order valence-corrected chi connectivity index (χ1v) is 9.12. The number of carbonyl (C=O) groups is 2. The van der Waals surface area contributed by atoms with Crippen molar-refractivity contribution in [2.24, 2.45) is 0 Å². The van der Waals surface area contributed by atoms with Gasteiger partial charge in [-0.1, -0.05) is 11.2 Å². The molecule has 0 saturated carbocycles. The number of nitrogens with zero attached hydrogens (tertiary/aromatic N) is 1. The second kappa shape index (κ2) is 7.23. The van der Waals surface area contributed by atoms with E-state index in [0.717, 1.165) is 31.2 Å². The van der Waals surface area contributed by atoms with Crippen molar-refractivity contribution in [1.29, 1.82) is 0 Å². The average Bonchev–Trinajstić information content (AvgIpc) is 3.12. The first-order chi connectivity index (χ1) is 12.0. The summed E-state index contributed by atoms with van der Waals surface area (Å²) in [7, 11) is 0. The highest BCUT2D eigenvalue weighted by atomic mass is 32.1. The van der Waals surface area contributed by atoms with E-state index in [1.54, 1.807) is 19.9 Å². The lowest BCUT2D eigenvalue weighted by Crippen LogP contribution is -2.26. The molecular formula is C18H21N3O3S. The van der Waals surface area contributed by atoms with E-state index in [1.807, 2.05) is 0 Å². The van der Waals surface area contributed by atoms with Crippen LogP contribution in [-0.2, 0) is 12.8 Å². The van der Waals surface area contributed by atoms with E-state index in [9.17, 15) is 9.59 Å². The van der Waals surface area contributed by atoms with Crippen molar-refractivity contribution in [2.45, 2.75) is 39.5 Å². The van der Waals surface area contributed by atoms with E-state index in [-0.39, 0.29) is 11.8 Å². The number of aromatic nitrogens is 1. The van der Waals surface area contributed by atoms with Crippen LogP contribution in [0.3, 0.4) is 0 Å². The average molecular weight is 359 g/mol. The van der Waals surface area contributed by atoms with Gasteiger partial charge in [0.25, 0.3) is 11.8 Å². The summed E-state index contributed by atoms with van der Waals surface area (Å²) in [6.07, 6.45) is 5.62. The fraction of sp³-hybridized carbons (Fsp3) is 0.389. The zero-order chi connectivity index (χ0) is 18.0. The summed E-state index contributed by atoms with van der Waals surface area (Å²) >= 11 is 1.49. The zero-order valence-electron chi connectivity index (χ0n) is 14.4. The maximum Gasteiger partial charge on any atom is 0.261 e. The maximum atomic E-state index is 12.7. The summed E-state index contributed by atoms with van der Waals surface area (Å²) in [5.41, 5.74) is 2.60. The first kappa shape index (κ1) is 17.4. The van der Waals surface area contributed by atoms with Gasteiger partial charge in [-0.25, -0.2) is 0 Å². The predicted molar refractivity (Wildman–Crippen MR) is 97.4 cm³/mol. The highest BCUT2D eigenvalue weighted by Crippen LogP contribution is 2.38. The number of rotatable bonds is 5. The summed E-state index contributed by atoms with van der Waals surface area (Å²) in [5.74, 6) is -0.00467. The van der Waals surface area contributed by atoms with Gasteiger partial charge < -0.3 is 15.2 Å². The molecule has 132 valence electrons. The van der Waals surface area contributed by atoms with E-state index in [2.05, 4.69) is 22.4 Å². The molecule has 7 heteroatoms. The number of nitrogens with one attached hydrogen (secondary N) is 2. The van der Waals surface area contributed by atoms with Gasteiger partial charge in [0.2, 0.25) is 0 Å². The Balaban J connectivity index is 1.95. The molecule has 0 aromatic carbocycles. The second-order valence-electron chi connectivity index (χ2n) is 6.07. The van der Waals surface area contributed by atoms with Gasteiger partial charge >= 0.3 is 0 Å². The Kier molecular flexibility index (Phi) is 5.03. The van der Waals surface area contributed by atoms with Crippen LogP contribution in [0.25, 0.3) is 0 Å². The Morgan fingerprint density at radius 3 is 2.68 bits per heavy atom. The van der Waals surface area contributed by atoms with Crippen LogP contribution >= 0.6 is 11.3 Å². The van der Waals surface area contributed by atoms with Crippen molar-refractivity contribution in [3.63, 3.8) is 0 Å². The summed E-state index contributed by atoms with van der Waals surface area (Å²) in [6.45, 7) is 7.44. The minimum atomic E-state index is -0.299. The number of anilines is 1. The Morgan fingerprint density at radius 2 is 2.00 bits per heavy atom. The van der Waals surface area contributed by atoms with E-state index < -0.39 is 0 Å². The number of amides is 2. The molecule has 3 rings (SSSR count). The van der Waals surface area contributed by atoms with E-state index in [4.69, 9.17) is 4.52 Å². The van der Waals surface area contributed by atoms with Crippen molar-refractivity contribution in [3.05, 3.63) is 45.7 Å². The molecule has 0 saturated heterocycles. The highest BCUT2D eigenvalue weighted by molar-refractivity contribution is 7.17. The highest BCUT2D eigenvalue weighted by Gasteiger charge is 2.27. The minimum absolute atomic E-state index is 0.173. The van der Waals surface area contributed by atoms with Gasteiger partial charge in [0.15, 0.2) is 0 Å². The monoisotopic (exact) mass is 359 g/mol. The number of carbonyl (C=O) groups excluding carboxylic acids is 2. The summed E-state index contributed by atoms with van der Waals surface area (Å²) in [5, 5.41) is 10.1. The smallest absolute Gasteiger partial charge is 0.261 e. The lowest BCUT2D eigenvalue weighted by Gasteiger charge is -2.12. The normalized spacial score (nSPS) is 13.2. The lowest BCUT2D eigenvalue weighted by atomic mass is 9.95. The van der Waals surface area contributed by atoms with Crippen LogP contribution in [0.1, 0.15) is 55.5 Å². The van der Waals surface area contributed by atoms with Crippen LogP contribution in [-0.4, -0.2) is 23.5 Å². The molecular weight excluding hydrogens is 338 g/mol. The third kappa shape index (κ3) is 3.37. The van der Waals surface area contributed by atoms with Gasteiger partial charge in [0.1, 0.15) is 16.3 Å². The van der Waals surface area contributed by atoms with Gasteiger partial charge in [-0.15, -0.1) is 17.9 Å². The molecule has 0 spiro atoms. The molecule has 2 N–H and O–H groups in total. The third-order valence-electron chi connectivity index (χ3n) is 4.29. The molecule has 2 aromatic rings. The molecule has 1 aliphatic rings. The third-order valence-corrected chi connectivity index (χ3v) is 5.50. The molecule has 0 aliphatic heterocycles. The van der Waals surface area contributed by atoms with E-state index in [1.165, 1.54) is 16.2 Å². The van der Waals surface area contributed by atoms with Crippen LogP contribution in [0.2, 0.25) is 0 Å². The van der Waals surface area contributed by atoms with E-state index >= 15 is 0 Å². The second-order valence-corrected chi connectivity index (χ2v) is 7.17. The van der Waals surface area contributed by atoms with Gasteiger partial charge in [-0.2, -0.15) is 0 Å². The zero-order valence-corrected chi connectivity index (χ0v) is 15.2. The van der Waals surface area contributed by atoms with Crippen LogP contribution in [0, 0.1) is 13.8 Å². The fourth-order valence-electron chi connectivity index (χ4n) is 3.12. The summed E-state index contributed by atoms with van der Waals surface area (Å²) < 4.78 is 5.07. The number of fused-ring (bicyclic) bond motifs is 1. The first-order valence-electron chi connectivity index (χ1n) is 8.30. The lowest BCUT2D eigenvalue weighted by molar-refractivity contribution is 0.0958. The van der Waals surface area contributed by atoms with Crippen molar-refractivity contribution in [1.82, 2.24) is 10.5 Å². The number of hydrogen-bond donors (Lipinski definition) is 2. The van der Waals surface area contributed by atoms with Gasteiger partial charge in [0, 0.05) is 11.4 Å². The predicted octanol–water partition coefficient (Wildman–Crippen LogP) is 3.40. The Labute approximate surface area is 150 Å². The van der Waals surface area contributed by atoms with Crippen molar-refractivity contribution in [3.8, 4) is 0 Å². The Morgan fingerprint density at radius 1 is 1.24 bits per heavy atom. The Bertz CT molecular complexity index is 815. The molecule has 0 unspecified atom stereocenters. The molecule has 0 atom stereocenters. The van der Waals surface area contributed by atoms with Gasteiger partial charge in [0.05, 0.1) is 11.3 Å². The SMILES string of the molecule is C=CCNC(=O)c1c(NC(=O)c2c(C)noc2C)sc2c1CCCC2. The number of thiophene rings is 1. The van der Waals surface area contributed by atoms with Crippen molar-refractivity contribution in [2.75, 3.05) is 11.9 Å². The maximum absolute atomic E-state index is 12.7. The van der Waals surface area contributed by atoms with Crippen molar-refractivity contribution < 1.29 is 14.1 Å². The molecule has 2 heterocycles. The topological polar surface area (TPSA) is 84.2 Å². The van der Waals surface area contributed by atoms with Crippen LogP contribution in [0.4, 0.5) is 5.00 Å². The molecule has 0 radical (unpaired) electrons. The van der Waals surface area contributed by atoms with Crippen LogP contribution in [0.5, 0.6) is 0 Å². The molecule has 1 aliphatic carbocycles. The summed E-state index contributed by atoms with van der Waals surface area (Å²) in [6, 6.07) is 0. The van der Waals surface area contributed by atoms with E-state index in [0.29, 0.717) is 34.1 Å². The molecule has 6 nitrogen and oxygen atoms in total. The largest absolute Gasteiger partial charge is 0.361 e. The van der Waals surface area contributed by atoms with Gasteiger partial charge in [-0.3, -0.25) is 9.59 Å².